The molecule has 0 saturated heterocycles. The van der Waals surface area contributed by atoms with Crippen LogP contribution < -0.4 is 4.31 Å². The highest BCUT2D eigenvalue weighted by atomic mass is 32.2. The third-order valence-corrected chi connectivity index (χ3v) is 5.12. The Bertz CT molecular complexity index is 651. The van der Waals surface area contributed by atoms with Gasteiger partial charge in [-0.25, -0.2) is 8.42 Å². The summed E-state index contributed by atoms with van der Waals surface area (Å²) >= 11 is 0. The van der Waals surface area contributed by atoms with Crippen LogP contribution >= 0.6 is 0 Å². The maximum absolute atomic E-state index is 12.0. The van der Waals surface area contributed by atoms with Crippen molar-refractivity contribution in [2.45, 2.75) is 26.7 Å². The maximum Gasteiger partial charge on any atom is 0.309 e. The minimum absolute atomic E-state index is 0.000671. The summed E-state index contributed by atoms with van der Waals surface area (Å²) in [7, 11) is -3.36. The summed E-state index contributed by atoms with van der Waals surface area (Å²) in [5.41, 5.74) is 0.810. The van der Waals surface area contributed by atoms with E-state index < -0.39 is 21.4 Å². The third kappa shape index (κ3) is 3.37. The third-order valence-electron chi connectivity index (χ3n) is 3.97. The number of anilines is 1. The Morgan fingerprint density at radius 2 is 2.00 bits per heavy atom. The molecule has 0 radical (unpaired) electrons. The molecule has 0 aromatic heterocycles. The van der Waals surface area contributed by atoms with E-state index in [1.807, 2.05) is 18.2 Å². The molecule has 5 nitrogen and oxygen atoms in total. The summed E-state index contributed by atoms with van der Waals surface area (Å²) in [6.07, 6.45) is 2.34. The van der Waals surface area contributed by atoms with Gasteiger partial charge in [0.2, 0.25) is 10.0 Å². The largest absolute Gasteiger partial charge is 0.481 e. The molecule has 1 aromatic carbocycles. The first-order chi connectivity index (χ1) is 9.61. The van der Waals surface area contributed by atoms with E-state index in [9.17, 15) is 18.3 Å². The normalized spacial score (nSPS) is 19.2. The number of hydrogen-bond acceptors (Lipinski definition) is 3. The van der Waals surface area contributed by atoms with Gasteiger partial charge in [-0.2, -0.15) is 0 Å². The monoisotopic (exact) mass is 311 g/mol. The highest BCUT2D eigenvalue weighted by Crippen LogP contribution is 2.36. The number of carboxylic acid groups (broad SMARTS) is 1. The Balaban J connectivity index is 2.33. The number of carbonyl (C=O) groups is 1. The molecule has 116 valence electrons. The Labute approximate surface area is 125 Å². The summed E-state index contributed by atoms with van der Waals surface area (Å²) in [6.45, 7) is 3.70. The van der Waals surface area contributed by atoms with Crippen molar-refractivity contribution in [1.82, 2.24) is 0 Å². The van der Waals surface area contributed by atoms with Crippen molar-refractivity contribution in [2.75, 3.05) is 17.1 Å². The molecule has 1 aromatic rings. The SMILES string of the molecule is CC(C)(C[C@@H]1Cc2ccccc2N(S(C)(=O)=O)C1)C(=O)O. The number of fused-ring (bicyclic) bond motifs is 1. The molecular weight excluding hydrogens is 290 g/mol. The van der Waals surface area contributed by atoms with Crippen LogP contribution in [0.15, 0.2) is 24.3 Å². The second-order valence-electron chi connectivity index (χ2n) is 6.39. The average Bonchev–Trinajstić information content (AvgIpc) is 2.36. The van der Waals surface area contributed by atoms with Gasteiger partial charge in [0.05, 0.1) is 17.4 Å². The van der Waals surface area contributed by atoms with Crippen LogP contribution in [-0.4, -0.2) is 32.3 Å². The van der Waals surface area contributed by atoms with E-state index >= 15 is 0 Å². The van der Waals surface area contributed by atoms with Crippen molar-refractivity contribution in [3.63, 3.8) is 0 Å². The second-order valence-corrected chi connectivity index (χ2v) is 8.29. The molecule has 6 heteroatoms. The summed E-state index contributed by atoms with van der Waals surface area (Å²) < 4.78 is 25.4. The van der Waals surface area contributed by atoms with Crippen molar-refractivity contribution in [3.05, 3.63) is 29.8 Å². The molecule has 1 N–H and O–H groups in total. The number of rotatable bonds is 4. The summed E-state index contributed by atoms with van der Waals surface area (Å²) in [5.74, 6) is -0.854. The van der Waals surface area contributed by atoms with Crippen LogP contribution in [0.5, 0.6) is 0 Å². The van der Waals surface area contributed by atoms with Gasteiger partial charge in [0.1, 0.15) is 0 Å². The summed E-state index contributed by atoms with van der Waals surface area (Å²) in [6, 6.07) is 7.41. The lowest BCUT2D eigenvalue weighted by atomic mass is 9.79. The number of benzene rings is 1. The minimum atomic E-state index is -3.36. The van der Waals surface area contributed by atoms with Crippen molar-refractivity contribution in [3.8, 4) is 0 Å². The Kier molecular flexibility index (Phi) is 4.02. The molecule has 0 spiro atoms. The molecular formula is C15H21NO4S. The number of carboxylic acids is 1. The first kappa shape index (κ1) is 15.8. The van der Waals surface area contributed by atoms with Crippen molar-refractivity contribution in [2.24, 2.45) is 11.3 Å². The molecule has 1 aliphatic rings. The molecule has 0 amide bonds. The van der Waals surface area contributed by atoms with Crippen LogP contribution in [-0.2, 0) is 21.2 Å². The lowest BCUT2D eigenvalue weighted by molar-refractivity contribution is -0.147. The quantitative estimate of drug-likeness (QED) is 0.924. The van der Waals surface area contributed by atoms with Gasteiger partial charge in [-0.15, -0.1) is 0 Å². The summed E-state index contributed by atoms with van der Waals surface area (Å²) in [5, 5.41) is 9.26. The fourth-order valence-corrected chi connectivity index (χ4v) is 3.91. The van der Waals surface area contributed by atoms with E-state index in [0.717, 1.165) is 5.56 Å². The predicted molar refractivity (Wildman–Crippen MR) is 81.9 cm³/mol. The highest BCUT2D eigenvalue weighted by Gasteiger charge is 2.36. The fourth-order valence-electron chi connectivity index (χ4n) is 2.89. The average molecular weight is 311 g/mol. The van der Waals surface area contributed by atoms with E-state index in [-0.39, 0.29) is 5.92 Å². The van der Waals surface area contributed by atoms with Gasteiger partial charge in [-0.05, 0) is 44.2 Å². The standard InChI is InChI=1S/C15H21NO4S/c1-15(2,14(17)18)9-11-8-12-6-4-5-7-13(12)16(10-11)21(3,19)20/h4-7,11H,8-10H2,1-3H3,(H,17,18)/t11-/m0/s1. The van der Waals surface area contributed by atoms with Crippen LogP contribution in [0.25, 0.3) is 0 Å². The second kappa shape index (κ2) is 5.33. The first-order valence-electron chi connectivity index (χ1n) is 6.90. The molecule has 0 saturated carbocycles. The van der Waals surface area contributed by atoms with Gasteiger partial charge >= 0.3 is 5.97 Å². The molecule has 21 heavy (non-hydrogen) atoms. The molecule has 0 fully saturated rings. The van der Waals surface area contributed by atoms with E-state index in [0.29, 0.717) is 25.1 Å². The zero-order valence-corrected chi connectivity index (χ0v) is 13.4. The van der Waals surface area contributed by atoms with Gasteiger partial charge in [0, 0.05) is 6.54 Å². The van der Waals surface area contributed by atoms with Crippen LogP contribution in [0.4, 0.5) is 5.69 Å². The van der Waals surface area contributed by atoms with Gasteiger partial charge in [-0.3, -0.25) is 9.10 Å². The van der Waals surface area contributed by atoms with E-state index in [2.05, 4.69) is 0 Å². The van der Waals surface area contributed by atoms with Crippen LogP contribution in [0.3, 0.4) is 0 Å². The molecule has 0 unspecified atom stereocenters. The topological polar surface area (TPSA) is 74.7 Å². The predicted octanol–water partition coefficient (Wildman–Crippen LogP) is 2.13. The van der Waals surface area contributed by atoms with E-state index in [4.69, 9.17) is 0 Å². The molecule has 0 aliphatic carbocycles. The zero-order chi connectivity index (χ0) is 15.8. The smallest absolute Gasteiger partial charge is 0.309 e. The number of sulfonamides is 1. The van der Waals surface area contributed by atoms with Gasteiger partial charge in [0.15, 0.2) is 0 Å². The molecule has 0 bridgehead atoms. The number of hydrogen-bond donors (Lipinski definition) is 1. The summed E-state index contributed by atoms with van der Waals surface area (Å²) in [4.78, 5) is 11.3. The lowest BCUT2D eigenvalue weighted by Gasteiger charge is -2.36. The van der Waals surface area contributed by atoms with Gasteiger partial charge < -0.3 is 5.11 Å². The minimum Gasteiger partial charge on any atom is -0.481 e. The maximum atomic E-state index is 12.0. The first-order valence-corrected chi connectivity index (χ1v) is 8.75. The molecule has 1 heterocycles. The highest BCUT2D eigenvalue weighted by molar-refractivity contribution is 7.92. The molecule has 2 rings (SSSR count). The fraction of sp³-hybridized carbons (Fsp3) is 0.533. The van der Waals surface area contributed by atoms with Crippen molar-refractivity contribution in [1.29, 1.82) is 0 Å². The van der Waals surface area contributed by atoms with Crippen LogP contribution in [0, 0.1) is 11.3 Å². The van der Waals surface area contributed by atoms with Gasteiger partial charge in [-0.1, -0.05) is 18.2 Å². The Morgan fingerprint density at radius 1 is 1.38 bits per heavy atom. The molecule has 1 atom stereocenters. The lowest BCUT2D eigenvalue weighted by Crippen LogP contribution is -2.41. The van der Waals surface area contributed by atoms with E-state index in [1.54, 1.807) is 19.9 Å². The number of aliphatic carboxylic acids is 1. The Hall–Kier alpha value is -1.56. The van der Waals surface area contributed by atoms with Crippen LogP contribution in [0.2, 0.25) is 0 Å². The van der Waals surface area contributed by atoms with E-state index in [1.165, 1.54) is 10.6 Å². The Morgan fingerprint density at radius 3 is 2.57 bits per heavy atom. The van der Waals surface area contributed by atoms with Crippen LogP contribution in [0.1, 0.15) is 25.8 Å². The molecule has 1 aliphatic heterocycles. The number of para-hydroxylation sites is 1. The number of nitrogens with zero attached hydrogens (tertiary/aromatic N) is 1. The zero-order valence-electron chi connectivity index (χ0n) is 12.5. The van der Waals surface area contributed by atoms with Crippen molar-refractivity contribution < 1.29 is 18.3 Å². The van der Waals surface area contributed by atoms with Crippen molar-refractivity contribution >= 4 is 21.7 Å². The van der Waals surface area contributed by atoms with Gasteiger partial charge in [0.25, 0.3) is 0 Å².